The van der Waals surface area contributed by atoms with Crippen LogP contribution in [-0.2, 0) is 26.6 Å². The first-order chi connectivity index (χ1) is 23.1. The van der Waals surface area contributed by atoms with E-state index in [1.54, 1.807) is 0 Å². The molecule has 0 rings (SSSR count). The predicted molar refractivity (Wildman–Crippen MR) is 224 cm³/mol. The van der Waals surface area contributed by atoms with Crippen LogP contribution in [0.4, 0.5) is 0 Å². The highest BCUT2D eigenvalue weighted by Gasteiger charge is 2.41. The van der Waals surface area contributed by atoms with E-state index in [0.717, 1.165) is 117 Å². The molecule has 0 saturated carbocycles. The summed E-state index contributed by atoms with van der Waals surface area (Å²) in [5, 5.41) is 0. The standard InChI is InChI=1S/C34H78O6S3Si4/c1-7-13-25-35-46(36-26-14-8-2,37-27-15-9-3)44-33-23-19-21-31-41-43-42-32-22-20-24-34-45-47(38-28-16-10-4,39-29-17-11-5)40-30-18-12-6/h7-34,44-45H2,1-6H3. The zero-order valence-corrected chi connectivity index (χ0v) is 39.2. The molecule has 0 bridgehead atoms. The first kappa shape index (κ1) is 48.7. The Hall–Kier alpha value is 1.68. The van der Waals surface area contributed by atoms with Crippen molar-refractivity contribution in [2.24, 2.45) is 0 Å². The molecule has 0 spiro atoms. The first-order valence-electron chi connectivity index (χ1n) is 19.8. The maximum atomic E-state index is 6.48. The van der Waals surface area contributed by atoms with Crippen molar-refractivity contribution in [1.82, 2.24) is 0 Å². The summed E-state index contributed by atoms with van der Waals surface area (Å²) in [7, 11) is 0.215. The summed E-state index contributed by atoms with van der Waals surface area (Å²) in [6, 6.07) is 2.58. The fourth-order valence-corrected chi connectivity index (χ4v) is 24.2. The average molecular weight is 792 g/mol. The van der Waals surface area contributed by atoms with Gasteiger partial charge in [0.2, 0.25) is 0 Å². The van der Waals surface area contributed by atoms with Crippen LogP contribution in [-0.4, -0.2) is 85.9 Å². The molecule has 0 aliphatic rings. The van der Waals surface area contributed by atoms with Crippen LogP contribution in [0.3, 0.4) is 0 Å². The number of unbranched alkanes of at least 4 members (excludes halogenated alkanes) is 10. The van der Waals surface area contributed by atoms with E-state index in [1.807, 2.05) is 31.4 Å². The molecule has 0 radical (unpaired) electrons. The molecule has 47 heavy (non-hydrogen) atoms. The Balaban J connectivity index is 4.21. The zero-order chi connectivity index (χ0) is 34.6. The van der Waals surface area contributed by atoms with Gasteiger partial charge in [0.1, 0.15) is 18.1 Å². The highest BCUT2D eigenvalue weighted by atomic mass is 33.5. The molecule has 0 aliphatic carbocycles. The largest absolute Gasteiger partial charge is 0.462 e. The SMILES string of the molecule is CCCCO[Si](OCCCC)(OCCCC)[SiH2]CCCCCSSSCCCCC[SiH2][Si](OCCCC)(OCCCC)OCCCC. The third-order valence-corrected chi connectivity index (χ3v) is 28.6. The number of hydrogen-bond donors (Lipinski definition) is 0. The van der Waals surface area contributed by atoms with Crippen molar-refractivity contribution >= 4 is 66.1 Å². The summed E-state index contributed by atoms with van der Waals surface area (Å²) >= 11 is 0. The molecule has 0 N–H and O–H groups in total. The Morgan fingerprint density at radius 2 is 0.638 bits per heavy atom. The minimum Gasteiger partial charge on any atom is -0.377 e. The molecule has 0 aliphatic heterocycles. The third kappa shape index (κ3) is 29.9. The smallest absolute Gasteiger partial charge is 0.377 e. The van der Waals surface area contributed by atoms with E-state index in [4.69, 9.17) is 26.6 Å². The molecule has 13 heteroatoms. The van der Waals surface area contributed by atoms with Gasteiger partial charge in [-0.1, -0.05) is 139 Å². The Morgan fingerprint density at radius 1 is 0.362 bits per heavy atom. The molecule has 0 aromatic heterocycles. The average Bonchev–Trinajstić information content (AvgIpc) is 3.07. The fourth-order valence-electron chi connectivity index (χ4n) is 4.73. The van der Waals surface area contributed by atoms with Crippen molar-refractivity contribution in [3.63, 3.8) is 0 Å². The molecule has 0 aromatic carbocycles. The maximum Gasteiger partial charge on any atom is 0.462 e. The summed E-state index contributed by atoms with van der Waals surface area (Å²) in [6.45, 7) is 18.2. The van der Waals surface area contributed by atoms with E-state index in [9.17, 15) is 0 Å². The van der Waals surface area contributed by atoms with Gasteiger partial charge in [0.25, 0.3) is 0 Å². The van der Waals surface area contributed by atoms with Gasteiger partial charge in [-0.25, -0.2) is 0 Å². The second kappa shape index (κ2) is 37.4. The van der Waals surface area contributed by atoms with Gasteiger partial charge in [0, 0.05) is 51.1 Å². The summed E-state index contributed by atoms with van der Waals surface area (Å²) in [5.41, 5.74) is 0. The van der Waals surface area contributed by atoms with Crippen molar-refractivity contribution in [2.45, 2.75) is 169 Å². The number of hydrogen-bond acceptors (Lipinski definition) is 9. The second-order valence-corrected chi connectivity index (χ2v) is 32.2. The fraction of sp³-hybridized carbons (Fsp3) is 1.00. The quantitative estimate of drug-likeness (QED) is 0.0343. The van der Waals surface area contributed by atoms with E-state index in [0.29, 0.717) is 0 Å². The lowest BCUT2D eigenvalue weighted by Gasteiger charge is -2.30. The minimum absolute atomic E-state index is 0.509. The van der Waals surface area contributed by atoms with E-state index >= 15 is 0 Å². The van der Waals surface area contributed by atoms with Gasteiger partial charge in [-0.2, -0.15) is 0 Å². The molecule has 0 aromatic rings. The molecule has 0 amide bonds. The van der Waals surface area contributed by atoms with Crippen LogP contribution in [0.5, 0.6) is 0 Å². The summed E-state index contributed by atoms with van der Waals surface area (Å²) < 4.78 is 38.9. The Bertz CT molecular complexity index is 531. The monoisotopic (exact) mass is 790 g/mol. The Kier molecular flexibility index (Phi) is 38.8. The van der Waals surface area contributed by atoms with Crippen LogP contribution in [0.25, 0.3) is 0 Å². The van der Waals surface area contributed by atoms with E-state index < -0.39 is 34.7 Å². The summed E-state index contributed by atoms with van der Waals surface area (Å²) in [4.78, 5) is 0. The predicted octanol–water partition coefficient (Wildman–Crippen LogP) is 10.3. The lowest BCUT2D eigenvalue weighted by atomic mass is 10.3. The Labute approximate surface area is 311 Å². The van der Waals surface area contributed by atoms with Crippen molar-refractivity contribution < 1.29 is 26.6 Å². The molecule has 0 atom stereocenters. The molecule has 0 fully saturated rings. The van der Waals surface area contributed by atoms with Gasteiger partial charge >= 0.3 is 16.6 Å². The summed E-state index contributed by atoms with van der Waals surface area (Å²) in [5.74, 6) is 2.50. The second-order valence-electron chi connectivity index (χ2n) is 12.6. The van der Waals surface area contributed by atoms with Crippen LogP contribution in [0.1, 0.15) is 157 Å². The van der Waals surface area contributed by atoms with E-state index in [1.165, 1.54) is 62.1 Å². The molecular weight excluding hydrogens is 713 g/mol. The van der Waals surface area contributed by atoms with Gasteiger partial charge in [0.15, 0.2) is 0 Å². The molecular formula is C34H78O6S3Si4. The topological polar surface area (TPSA) is 55.4 Å². The highest BCUT2D eigenvalue weighted by Crippen LogP contribution is 2.36. The van der Waals surface area contributed by atoms with E-state index in [-0.39, 0.29) is 0 Å². The normalized spacial score (nSPS) is 12.9. The van der Waals surface area contributed by atoms with Gasteiger partial charge in [-0.3, -0.25) is 0 Å². The lowest BCUT2D eigenvalue weighted by Crippen LogP contribution is -2.52. The van der Waals surface area contributed by atoms with Crippen molar-refractivity contribution in [1.29, 1.82) is 0 Å². The number of rotatable bonds is 40. The van der Waals surface area contributed by atoms with Crippen molar-refractivity contribution in [3.8, 4) is 0 Å². The molecule has 0 heterocycles. The molecule has 6 nitrogen and oxygen atoms in total. The van der Waals surface area contributed by atoms with Gasteiger partial charge in [-0.15, -0.1) is 0 Å². The van der Waals surface area contributed by atoms with Crippen molar-refractivity contribution in [3.05, 3.63) is 0 Å². The van der Waals surface area contributed by atoms with Crippen LogP contribution in [0.15, 0.2) is 0 Å². The van der Waals surface area contributed by atoms with E-state index in [2.05, 4.69) is 41.5 Å². The van der Waals surface area contributed by atoms with Gasteiger partial charge < -0.3 is 26.6 Å². The Morgan fingerprint density at radius 3 is 0.894 bits per heavy atom. The zero-order valence-electron chi connectivity index (χ0n) is 31.9. The van der Waals surface area contributed by atoms with Gasteiger partial charge in [-0.05, 0) is 61.2 Å². The van der Waals surface area contributed by atoms with Gasteiger partial charge in [0.05, 0.1) is 0 Å². The molecule has 0 saturated heterocycles. The van der Waals surface area contributed by atoms with Crippen molar-refractivity contribution in [2.75, 3.05) is 51.1 Å². The lowest BCUT2D eigenvalue weighted by molar-refractivity contribution is 0.0759. The van der Waals surface area contributed by atoms with Crippen LogP contribution in [0.2, 0.25) is 12.1 Å². The van der Waals surface area contributed by atoms with Crippen LogP contribution in [0, 0.1) is 0 Å². The molecule has 0 unspecified atom stereocenters. The third-order valence-electron chi connectivity index (χ3n) is 7.94. The summed E-state index contributed by atoms with van der Waals surface area (Å²) in [6.07, 6.45) is 21.4. The van der Waals surface area contributed by atoms with Crippen LogP contribution < -0.4 is 0 Å². The highest BCUT2D eigenvalue weighted by molar-refractivity contribution is 9.09. The minimum atomic E-state index is -2.43. The maximum absolute atomic E-state index is 6.48. The first-order valence-corrected chi connectivity index (χ1v) is 33.7. The van der Waals surface area contributed by atoms with Crippen LogP contribution >= 0.6 is 31.4 Å². The molecule has 284 valence electrons.